The van der Waals surface area contributed by atoms with Gasteiger partial charge in [-0.2, -0.15) is 0 Å². The van der Waals surface area contributed by atoms with Crippen molar-refractivity contribution in [1.82, 2.24) is 10.2 Å². The number of rotatable bonds is 3. The number of hydrogen-bond donors (Lipinski definition) is 2. The molecule has 1 heterocycles. The van der Waals surface area contributed by atoms with Crippen LogP contribution in [0, 0.1) is 10.1 Å². The number of nitrogens with two attached hydrogens (primary N) is 1. The topological polar surface area (TPSA) is 84.4 Å². The van der Waals surface area contributed by atoms with Crippen molar-refractivity contribution in [1.29, 1.82) is 0 Å². The Morgan fingerprint density at radius 1 is 1.44 bits per heavy atom. The van der Waals surface area contributed by atoms with E-state index < -0.39 is 4.92 Å². The van der Waals surface area contributed by atoms with E-state index in [1.54, 1.807) is 0 Å². The van der Waals surface area contributed by atoms with Gasteiger partial charge in [-0.3, -0.25) is 10.1 Å². The monoisotopic (exact) mass is 248 g/mol. The number of nitro groups is 1. The molecule has 0 radical (unpaired) electrons. The van der Waals surface area contributed by atoms with Gasteiger partial charge in [-0.15, -0.1) is 0 Å². The molecule has 0 unspecified atom stereocenters. The van der Waals surface area contributed by atoms with E-state index in [1.807, 2.05) is 29.2 Å². The van der Waals surface area contributed by atoms with Crippen LogP contribution in [0.25, 0.3) is 0 Å². The molecule has 3 N–H and O–H groups in total. The largest absolute Gasteiger partial charge is 0.399 e. The van der Waals surface area contributed by atoms with Crippen LogP contribution in [0.1, 0.15) is 12.0 Å². The first-order valence-electron chi connectivity index (χ1n) is 5.84. The average Bonchev–Trinajstić information content (AvgIpc) is 2.34. The van der Waals surface area contributed by atoms with Gasteiger partial charge >= 0.3 is 0 Å². The standard InChI is InChI=1S/C12H16N4O2/c13-11-4-2-10(3-5-11)8-15-7-1-6-14-12(15)9-16(17)18/h2-5,9,14H,1,6-8,13H2. The van der Waals surface area contributed by atoms with Gasteiger partial charge in [-0.25, -0.2) is 0 Å². The highest BCUT2D eigenvalue weighted by atomic mass is 16.6. The molecule has 0 aliphatic carbocycles. The van der Waals surface area contributed by atoms with Crippen molar-refractivity contribution in [3.05, 3.63) is 52.0 Å². The van der Waals surface area contributed by atoms with Gasteiger partial charge in [0, 0.05) is 25.3 Å². The Morgan fingerprint density at radius 2 is 2.17 bits per heavy atom. The Balaban J connectivity index is 2.10. The number of nitrogens with one attached hydrogen (secondary N) is 1. The molecule has 1 aromatic carbocycles. The second-order valence-corrected chi connectivity index (χ2v) is 4.24. The van der Waals surface area contributed by atoms with Crippen molar-refractivity contribution in [2.45, 2.75) is 13.0 Å². The predicted molar refractivity (Wildman–Crippen MR) is 69.0 cm³/mol. The molecular formula is C12H16N4O2. The Labute approximate surface area is 105 Å². The Kier molecular flexibility index (Phi) is 3.66. The van der Waals surface area contributed by atoms with Crippen LogP contribution in [0.5, 0.6) is 0 Å². The SMILES string of the molecule is Nc1ccc(CN2CCCNC2=C[N+](=O)[O-])cc1. The molecule has 0 bridgehead atoms. The van der Waals surface area contributed by atoms with Crippen molar-refractivity contribution < 1.29 is 4.92 Å². The molecule has 2 rings (SSSR count). The zero-order chi connectivity index (χ0) is 13.0. The van der Waals surface area contributed by atoms with Crippen molar-refractivity contribution >= 4 is 5.69 Å². The number of anilines is 1. The molecular weight excluding hydrogens is 232 g/mol. The normalized spacial score (nSPS) is 17.6. The maximum Gasteiger partial charge on any atom is 0.274 e. The molecule has 0 saturated carbocycles. The van der Waals surface area contributed by atoms with E-state index in [4.69, 9.17) is 5.73 Å². The van der Waals surface area contributed by atoms with Gasteiger partial charge in [-0.1, -0.05) is 12.1 Å². The summed E-state index contributed by atoms with van der Waals surface area (Å²) in [7, 11) is 0. The van der Waals surface area contributed by atoms with Crippen LogP contribution in [-0.4, -0.2) is 22.9 Å². The first kappa shape index (κ1) is 12.2. The molecule has 18 heavy (non-hydrogen) atoms. The van der Waals surface area contributed by atoms with Crippen LogP contribution in [0.15, 0.2) is 36.3 Å². The molecule has 96 valence electrons. The van der Waals surface area contributed by atoms with E-state index >= 15 is 0 Å². The van der Waals surface area contributed by atoms with Crippen molar-refractivity contribution in [2.75, 3.05) is 18.8 Å². The van der Waals surface area contributed by atoms with Crippen LogP contribution in [0.4, 0.5) is 5.69 Å². The van der Waals surface area contributed by atoms with Gasteiger partial charge in [0.1, 0.15) is 0 Å². The minimum Gasteiger partial charge on any atom is -0.399 e. The van der Waals surface area contributed by atoms with Crippen molar-refractivity contribution in [2.24, 2.45) is 0 Å². The first-order chi connectivity index (χ1) is 8.65. The molecule has 1 saturated heterocycles. The lowest BCUT2D eigenvalue weighted by Gasteiger charge is -2.30. The maximum absolute atomic E-state index is 10.6. The lowest BCUT2D eigenvalue weighted by Crippen LogP contribution is -2.39. The van der Waals surface area contributed by atoms with E-state index in [9.17, 15) is 10.1 Å². The molecule has 1 fully saturated rings. The molecule has 6 nitrogen and oxygen atoms in total. The first-order valence-corrected chi connectivity index (χ1v) is 5.84. The lowest BCUT2D eigenvalue weighted by molar-refractivity contribution is -0.405. The highest BCUT2D eigenvalue weighted by Crippen LogP contribution is 2.14. The second-order valence-electron chi connectivity index (χ2n) is 4.24. The summed E-state index contributed by atoms with van der Waals surface area (Å²) in [4.78, 5) is 12.1. The molecule has 0 aromatic heterocycles. The van der Waals surface area contributed by atoms with Gasteiger partial charge in [-0.05, 0) is 24.1 Å². The number of nitrogen functional groups attached to an aromatic ring is 1. The van der Waals surface area contributed by atoms with Crippen LogP contribution in [0.3, 0.4) is 0 Å². The Bertz CT molecular complexity index is 456. The number of nitrogens with zero attached hydrogens (tertiary/aromatic N) is 2. The summed E-state index contributed by atoms with van der Waals surface area (Å²) in [6, 6.07) is 7.55. The molecule has 0 atom stereocenters. The van der Waals surface area contributed by atoms with Crippen LogP contribution >= 0.6 is 0 Å². The van der Waals surface area contributed by atoms with Gasteiger partial charge < -0.3 is 16.0 Å². The zero-order valence-corrected chi connectivity index (χ0v) is 10.0. The third-order valence-corrected chi connectivity index (χ3v) is 2.83. The van der Waals surface area contributed by atoms with E-state index in [-0.39, 0.29) is 0 Å². The minimum absolute atomic E-state index is 0.427. The fourth-order valence-corrected chi connectivity index (χ4v) is 1.95. The van der Waals surface area contributed by atoms with E-state index in [2.05, 4.69) is 5.32 Å². The minimum atomic E-state index is -0.427. The molecule has 1 aliphatic rings. The summed E-state index contributed by atoms with van der Waals surface area (Å²) in [5, 5.41) is 13.6. The summed E-state index contributed by atoms with van der Waals surface area (Å²) >= 11 is 0. The lowest BCUT2D eigenvalue weighted by atomic mass is 10.2. The van der Waals surface area contributed by atoms with Gasteiger partial charge in [0.05, 0.1) is 4.92 Å². The van der Waals surface area contributed by atoms with E-state index in [0.29, 0.717) is 12.4 Å². The number of hydrogen-bond acceptors (Lipinski definition) is 5. The van der Waals surface area contributed by atoms with E-state index in [0.717, 1.165) is 37.0 Å². The highest BCUT2D eigenvalue weighted by molar-refractivity contribution is 5.39. The smallest absolute Gasteiger partial charge is 0.274 e. The maximum atomic E-state index is 10.6. The van der Waals surface area contributed by atoms with Gasteiger partial charge in [0.25, 0.3) is 6.20 Å². The third-order valence-electron chi connectivity index (χ3n) is 2.83. The third kappa shape index (κ3) is 3.13. The summed E-state index contributed by atoms with van der Waals surface area (Å²) in [5.74, 6) is 0.572. The van der Waals surface area contributed by atoms with Gasteiger partial charge in [0.2, 0.25) is 0 Å². The summed E-state index contributed by atoms with van der Waals surface area (Å²) in [6.07, 6.45) is 2.00. The second kappa shape index (κ2) is 5.39. The van der Waals surface area contributed by atoms with Crippen LogP contribution in [0.2, 0.25) is 0 Å². The summed E-state index contributed by atoms with van der Waals surface area (Å²) < 4.78 is 0. The van der Waals surface area contributed by atoms with Crippen molar-refractivity contribution in [3.63, 3.8) is 0 Å². The molecule has 0 spiro atoms. The summed E-state index contributed by atoms with van der Waals surface area (Å²) in [5.41, 5.74) is 7.43. The molecule has 0 amide bonds. The van der Waals surface area contributed by atoms with Crippen molar-refractivity contribution in [3.8, 4) is 0 Å². The fourth-order valence-electron chi connectivity index (χ4n) is 1.95. The van der Waals surface area contributed by atoms with Crippen LogP contribution in [-0.2, 0) is 6.54 Å². The molecule has 6 heteroatoms. The highest BCUT2D eigenvalue weighted by Gasteiger charge is 2.17. The fraction of sp³-hybridized carbons (Fsp3) is 0.333. The predicted octanol–water partition coefficient (Wildman–Crippen LogP) is 1.14. The Morgan fingerprint density at radius 3 is 2.83 bits per heavy atom. The molecule has 1 aliphatic heterocycles. The Hall–Kier alpha value is -2.24. The van der Waals surface area contributed by atoms with Gasteiger partial charge in [0.15, 0.2) is 5.82 Å². The quantitative estimate of drug-likeness (QED) is 0.476. The average molecular weight is 248 g/mol. The molecule has 1 aromatic rings. The number of benzene rings is 1. The zero-order valence-electron chi connectivity index (χ0n) is 10.0. The van der Waals surface area contributed by atoms with Crippen LogP contribution < -0.4 is 11.1 Å². The summed E-state index contributed by atoms with van der Waals surface area (Å²) in [6.45, 7) is 2.24. The van der Waals surface area contributed by atoms with E-state index in [1.165, 1.54) is 0 Å².